The molecule has 0 fully saturated rings. The van der Waals surface area contributed by atoms with Crippen LogP contribution in [0.1, 0.15) is 25.0 Å². The van der Waals surface area contributed by atoms with Crippen molar-refractivity contribution < 1.29 is 0 Å². The average Bonchev–Trinajstić information content (AvgIpc) is 3.60. The van der Waals surface area contributed by atoms with Crippen LogP contribution in [0.5, 0.6) is 0 Å². The maximum absolute atomic E-state index is 5.35. The minimum Gasteiger partial charge on any atom is -0.310 e. The van der Waals surface area contributed by atoms with Gasteiger partial charge in [-0.05, 0) is 99.8 Å². The molecule has 1 aliphatic rings. The molecule has 0 amide bonds. The van der Waals surface area contributed by atoms with E-state index in [2.05, 4.69) is 187 Å². The lowest BCUT2D eigenvalue weighted by molar-refractivity contribution is 0.661. The lowest BCUT2D eigenvalue weighted by Crippen LogP contribution is -2.16. The van der Waals surface area contributed by atoms with Crippen molar-refractivity contribution in [3.8, 4) is 28.2 Å². The van der Waals surface area contributed by atoms with Gasteiger partial charge in [-0.3, -0.25) is 4.57 Å². The summed E-state index contributed by atoms with van der Waals surface area (Å²) in [6.45, 7) is 4.70. The number of hydrogen-bond donors (Lipinski definition) is 0. The molecule has 0 unspecified atom stereocenters. The van der Waals surface area contributed by atoms with Crippen molar-refractivity contribution in [3.63, 3.8) is 0 Å². The highest BCUT2D eigenvalue weighted by Gasteiger charge is 2.37. The van der Waals surface area contributed by atoms with E-state index in [1.165, 1.54) is 33.0 Å². The van der Waals surface area contributed by atoms with Crippen LogP contribution in [-0.2, 0) is 5.41 Å². The minimum absolute atomic E-state index is 0.201. The predicted octanol–water partition coefficient (Wildman–Crippen LogP) is 11.6. The van der Waals surface area contributed by atoms with Gasteiger partial charge in [0.05, 0.1) is 11.0 Å². The normalized spacial score (nSPS) is 13.1. The Hall–Kier alpha value is -5.93. The van der Waals surface area contributed by atoms with Crippen molar-refractivity contribution in [1.29, 1.82) is 0 Å². The van der Waals surface area contributed by atoms with Gasteiger partial charge in [-0.25, -0.2) is 4.98 Å². The van der Waals surface area contributed by atoms with E-state index >= 15 is 0 Å². The molecule has 0 spiro atoms. The highest BCUT2D eigenvalue weighted by molar-refractivity contribution is 5.95. The first kappa shape index (κ1) is 27.4. The Morgan fingerprint density at radius 3 is 1.83 bits per heavy atom. The highest BCUT2D eigenvalue weighted by atomic mass is 15.1. The van der Waals surface area contributed by atoms with Crippen LogP contribution in [-0.4, -0.2) is 9.55 Å². The van der Waals surface area contributed by atoms with Gasteiger partial charge in [0, 0.05) is 33.7 Å². The van der Waals surface area contributed by atoms with Gasteiger partial charge in [-0.1, -0.05) is 111 Å². The van der Waals surface area contributed by atoms with Gasteiger partial charge in [0.1, 0.15) is 5.82 Å². The summed E-state index contributed by atoms with van der Waals surface area (Å²) in [5.74, 6) is 0.954. The zero-order valence-electron chi connectivity index (χ0n) is 26.4. The molecule has 7 aromatic carbocycles. The molecule has 1 aliphatic carbocycles. The number of para-hydroxylation sites is 3. The Bertz CT molecular complexity index is 2380. The molecule has 0 radical (unpaired) electrons. The summed E-state index contributed by atoms with van der Waals surface area (Å²) in [4.78, 5) is 7.70. The van der Waals surface area contributed by atoms with Crippen molar-refractivity contribution in [1.82, 2.24) is 9.55 Å². The monoisotopic (exact) mass is 603 g/mol. The van der Waals surface area contributed by atoms with Gasteiger partial charge in [-0.15, -0.1) is 0 Å². The molecule has 0 saturated carbocycles. The number of fused-ring (bicyclic) bond motifs is 5. The lowest BCUT2D eigenvalue weighted by Gasteiger charge is -2.28. The number of aromatic nitrogens is 2. The molecule has 3 nitrogen and oxygen atoms in total. The first-order valence-electron chi connectivity index (χ1n) is 16.2. The smallest absolute Gasteiger partial charge is 0.145 e. The molecule has 0 bridgehead atoms. The second-order valence-electron chi connectivity index (χ2n) is 12.9. The van der Waals surface area contributed by atoms with Crippen molar-refractivity contribution in [2.45, 2.75) is 19.3 Å². The van der Waals surface area contributed by atoms with Crippen molar-refractivity contribution >= 4 is 38.9 Å². The predicted molar refractivity (Wildman–Crippen MR) is 196 cm³/mol. The summed E-state index contributed by atoms with van der Waals surface area (Å²) < 4.78 is 2.33. The van der Waals surface area contributed by atoms with Crippen LogP contribution in [0.2, 0.25) is 0 Å². The number of imidazole rings is 1. The van der Waals surface area contributed by atoms with Gasteiger partial charge in [0.2, 0.25) is 0 Å². The number of anilines is 3. The van der Waals surface area contributed by atoms with E-state index in [1.807, 2.05) is 0 Å². The minimum atomic E-state index is -0.201. The van der Waals surface area contributed by atoms with Crippen LogP contribution in [0.3, 0.4) is 0 Å². The van der Waals surface area contributed by atoms with E-state index in [0.717, 1.165) is 45.2 Å². The van der Waals surface area contributed by atoms with Crippen molar-refractivity contribution in [3.05, 3.63) is 175 Å². The van der Waals surface area contributed by atoms with Crippen molar-refractivity contribution in [2.75, 3.05) is 4.90 Å². The van der Waals surface area contributed by atoms with E-state index in [-0.39, 0.29) is 5.41 Å². The zero-order valence-corrected chi connectivity index (χ0v) is 26.4. The van der Waals surface area contributed by atoms with Gasteiger partial charge in [-0.2, -0.15) is 0 Å². The quantitative estimate of drug-likeness (QED) is 0.195. The van der Waals surface area contributed by atoms with Crippen LogP contribution in [0.25, 0.3) is 50.0 Å². The summed E-state index contributed by atoms with van der Waals surface area (Å²) in [7, 11) is 0. The first-order valence-corrected chi connectivity index (χ1v) is 16.2. The molecular formula is C44H33N3. The Morgan fingerprint density at radius 1 is 0.511 bits per heavy atom. The van der Waals surface area contributed by atoms with Crippen LogP contribution < -0.4 is 4.90 Å². The van der Waals surface area contributed by atoms with E-state index in [1.54, 1.807) is 0 Å². The second-order valence-corrected chi connectivity index (χ2v) is 12.9. The fraction of sp³-hybridized carbons (Fsp3) is 0.0682. The lowest BCUT2D eigenvalue weighted by atomic mass is 9.82. The molecule has 0 N–H and O–H groups in total. The molecule has 9 rings (SSSR count). The maximum atomic E-state index is 5.35. The summed E-state index contributed by atoms with van der Waals surface area (Å²) in [6, 6.07) is 58.7. The summed E-state index contributed by atoms with van der Waals surface area (Å²) in [6.07, 6.45) is 0. The van der Waals surface area contributed by atoms with E-state index in [4.69, 9.17) is 4.98 Å². The fourth-order valence-electron chi connectivity index (χ4n) is 7.39. The van der Waals surface area contributed by atoms with Crippen LogP contribution >= 0.6 is 0 Å². The van der Waals surface area contributed by atoms with E-state index < -0.39 is 0 Å². The molecular weight excluding hydrogens is 571 g/mol. The molecule has 0 saturated heterocycles. The Kier molecular flexibility index (Phi) is 6.16. The molecule has 47 heavy (non-hydrogen) atoms. The van der Waals surface area contributed by atoms with Gasteiger partial charge < -0.3 is 4.90 Å². The largest absolute Gasteiger partial charge is 0.310 e. The van der Waals surface area contributed by atoms with Gasteiger partial charge in [0.15, 0.2) is 0 Å². The topological polar surface area (TPSA) is 21.1 Å². The highest BCUT2D eigenvalue weighted by Crippen LogP contribution is 2.52. The first-order chi connectivity index (χ1) is 23.1. The van der Waals surface area contributed by atoms with E-state index in [9.17, 15) is 0 Å². The fourth-order valence-corrected chi connectivity index (χ4v) is 7.39. The Morgan fingerprint density at radius 2 is 1.13 bits per heavy atom. The van der Waals surface area contributed by atoms with Crippen LogP contribution in [0.15, 0.2) is 164 Å². The summed E-state index contributed by atoms with van der Waals surface area (Å²) >= 11 is 0. The SMILES string of the molecule is CC1(C)c2cc(N(c3ccccc3)c3ccccc3)ccc2-c2cc3c(cc21)nc(-c1ccc2ccccc2c1)n3-c1ccccc1. The van der Waals surface area contributed by atoms with Gasteiger partial charge in [0.25, 0.3) is 0 Å². The molecule has 1 aromatic heterocycles. The number of benzene rings is 7. The van der Waals surface area contributed by atoms with Crippen molar-refractivity contribution in [2.24, 2.45) is 0 Å². The van der Waals surface area contributed by atoms with Gasteiger partial charge >= 0.3 is 0 Å². The number of hydrogen-bond acceptors (Lipinski definition) is 2. The average molecular weight is 604 g/mol. The molecule has 224 valence electrons. The second kappa shape index (κ2) is 10.6. The molecule has 0 atom stereocenters. The number of nitrogens with zero attached hydrogens (tertiary/aromatic N) is 3. The standard InChI is InChI=1S/C44H33N3/c1-44(2)39-27-36(46(33-16-6-3-7-17-33)34-18-8-4-9-19-34)24-25-37(39)38-28-42-41(29-40(38)44)45-43(47(42)35-20-10-5-11-21-35)32-23-22-30-14-12-13-15-31(30)26-32/h3-29H,1-2H3. The Labute approximate surface area is 275 Å². The third-order valence-corrected chi connectivity index (χ3v) is 9.74. The Balaban J connectivity index is 1.24. The summed E-state index contributed by atoms with van der Waals surface area (Å²) in [5.41, 5.74) is 12.8. The van der Waals surface area contributed by atoms with Crippen LogP contribution in [0.4, 0.5) is 17.1 Å². The third kappa shape index (κ3) is 4.39. The molecule has 0 aliphatic heterocycles. The maximum Gasteiger partial charge on any atom is 0.145 e. The molecule has 1 heterocycles. The summed E-state index contributed by atoms with van der Waals surface area (Å²) in [5, 5.41) is 2.44. The van der Waals surface area contributed by atoms with E-state index in [0.29, 0.717) is 0 Å². The van der Waals surface area contributed by atoms with Crippen LogP contribution in [0, 0.1) is 0 Å². The number of rotatable bonds is 5. The molecule has 3 heteroatoms. The zero-order chi connectivity index (χ0) is 31.5. The molecule has 8 aromatic rings. The third-order valence-electron chi connectivity index (χ3n) is 9.74.